The van der Waals surface area contributed by atoms with Crippen LogP contribution in [0.1, 0.15) is 90.0 Å². The molecule has 2 aromatic rings. The van der Waals surface area contributed by atoms with Crippen molar-refractivity contribution < 1.29 is 4.74 Å². The number of halogens is 1. The summed E-state index contributed by atoms with van der Waals surface area (Å²) in [6.07, 6.45) is 22.0. The number of hydrogen-bond acceptors (Lipinski definition) is 3. The lowest BCUT2D eigenvalue weighted by Crippen LogP contribution is -2.25. The van der Waals surface area contributed by atoms with E-state index in [4.69, 9.17) is 16.3 Å². The van der Waals surface area contributed by atoms with Gasteiger partial charge in [-0.25, -0.2) is 9.97 Å². The molecule has 1 fully saturated rings. The minimum Gasteiger partial charge on any atom is -0.446 e. The van der Waals surface area contributed by atoms with Crippen LogP contribution < -0.4 is 4.74 Å². The molecule has 0 saturated heterocycles. The zero-order valence-corrected chi connectivity index (χ0v) is 20.0. The smallest absolute Gasteiger partial charge is 0.189 e. The van der Waals surface area contributed by atoms with Crippen molar-refractivity contribution in [1.82, 2.24) is 9.97 Å². The maximum atomic E-state index is 5.93. The fourth-order valence-electron chi connectivity index (χ4n) is 4.74. The van der Waals surface area contributed by atoms with Crippen LogP contribution in [0.25, 0.3) is 11.4 Å². The number of allylic oxidation sites excluding steroid dienone is 1. The standard InChI is InChI=1S/C27H37ClN2O/c1-3-5-6-8-16-27(17-9-7-10-18-27)19-15-22-20-29-26(30-21-22)23-11-13-24(14-12-23)31-25(28)4-2/h4,11-14,20-21H,3,5-10,15-19H2,1-2H3/b25-4-. The number of rotatable bonds is 11. The summed E-state index contributed by atoms with van der Waals surface area (Å²) in [6.45, 7) is 4.14. The predicted molar refractivity (Wildman–Crippen MR) is 130 cm³/mol. The van der Waals surface area contributed by atoms with Gasteiger partial charge in [-0.2, -0.15) is 0 Å². The van der Waals surface area contributed by atoms with E-state index in [9.17, 15) is 0 Å². The summed E-state index contributed by atoms with van der Waals surface area (Å²) in [5.41, 5.74) is 2.78. The average Bonchev–Trinajstić information content (AvgIpc) is 2.82. The molecule has 0 spiro atoms. The highest BCUT2D eigenvalue weighted by Crippen LogP contribution is 2.44. The molecule has 1 saturated carbocycles. The van der Waals surface area contributed by atoms with E-state index in [0.717, 1.165) is 17.8 Å². The van der Waals surface area contributed by atoms with Crippen LogP contribution in [0.15, 0.2) is 48.0 Å². The minimum absolute atomic E-state index is 0.370. The summed E-state index contributed by atoms with van der Waals surface area (Å²) in [6, 6.07) is 7.72. The number of aromatic nitrogens is 2. The van der Waals surface area contributed by atoms with Crippen LogP contribution in [0.3, 0.4) is 0 Å². The second kappa shape index (κ2) is 12.2. The molecule has 0 atom stereocenters. The quantitative estimate of drug-likeness (QED) is 0.259. The molecule has 4 heteroatoms. The number of ether oxygens (including phenoxy) is 1. The Morgan fingerprint density at radius 1 is 1.00 bits per heavy atom. The van der Waals surface area contributed by atoms with E-state index in [1.807, 2.05) is 43.6 Å². The molecule has 0 bridgehead atoms. The summed E-state index contributed by atoms with van der Waals surface area (Å²) in [5.74, 6) is 1.46. The van der Waals surface area contributed by atoms with Gasteiger partial charge in [-0.05, 0) is 91.9 Å². The monoisotopic (exact) mass is 440 g/mol. The van der Waals surface area contributed by atoms with E-state index >= 15 is 0 Å². The maximum Gasteiger partial charge on any atom is 0.189 e. The molecular formula is C27H37ClN2O. The number of benzene rings is 1. The van der Waals surface area contributed by atoms with Gasteiger partial charge in [-0.1, -0.05) is 51.9 Å². The van der Waals surface area contributed by atoms with Crippen molar-refractivity contribution in [3.05, 3.63) is 53.5 Å². The van der Waals surface area contributed by atoms with Crippen LogP contribution in [-0.4, -0.2) is 9.97 Å². The second-order valence-electron chi connectivity index (χ2n) is 9.01. The second-order valence-corrected chi connectivity index (χ2v) is 9.38. The molecule has 1 heterocycles. The van der Waals surface area contributed by atoms with Gasteiger partial charge in [0.2, 0.25) is 0 Å². The number of nitrogens with zero attached hydrogens (tertiary/aromatic N) is 2. The summed E-state index contributed by atoms with van der Waals surface area (Å²) < 4.78 is 5.50. The molecule has 31 heavy (non-hydrogen) atoms. The van der Waals surface area contributed by atoms with Crippen LogP contribution >= 0.6 is 11.6 Å². The highest BCUT2D eigenvalue weighted by Gasteiger charge is 2.31. The topological polar surface area (TPSA) is 35.0 Å². The van der Waals surface area contributed by atoms with Gasteiger partial charge < -0.3 is 4.74 Å². The Hall–Kier alpha value is -1.87. The Labute approximate surface area is 193 Å². The first kappa shape index (κ1) is 23.8. The molecule has 0 radical (unpaired) electrons. The molecule has 1 aliphatic carbocycles. The Morgan fingerprint density at radius 3 is 2.35 bits per heavy atom. The third-order valence-corrected chi connectivity index (χ3v) is 6.97. The van der Waals surface area contributed by atoms with Gasteiger partial charge in [0.1, 0.15) is 5.75 Å². The Morgan fingerprint density at radius 2 is 1.71 bits per heavy atom. The first-order valence-electron chi connectivity index (χ1n) is 12.1. The van der Waals surface area contributed by atoms with Gasteiger partial charge in [0.05, 0.1) is 0 Å². The minimum atomic E-state index is 0.370. The Kier molecular flexibility index (Phi) is 9.39. The zero-order chi connectivity index (χ0) is 21.9. The van der Waals surface area contributed by atoms with E-state index in [-0.39, 0.29) is 0 Å². The van der Waals surface area contributed by atoms with Crippen molar-refractivity contribution in [3.8, 4) is 17.1 Å². The van der Waals surface area contributed by atoms with Crippen LogP contribution in [0.4, 0.5) is 0 Å². The van der Waals surface area contributed by atoms with Gasteiger partial charge in [-0.15, -0.1) is 0 Å². The van der Waals surface area contributed by atoms with Gasteiger partial charge in [-0.3, -0.25) is 0 Å². The summed E-state index contributed by atoms with van der Waals surface area (Å²) in [4.78, 5) is 9.28. The highest BCUT2D eigenvalue weighted by atomic mass is 35.5. The van der Waals surface area contributed by atoms with E-state index in [1.165, 1.54) is 76.2 Å². The fourth-order valence-corrected chi connectivity index (χ4v) is 4.83. The fraction of sp³-hybridized carbons (Fsp3) is 0.556. The number of aryl methyl sites for hydroxylation is 1. The third kappa shape index (κ3) is 7.35. The molecule has 1 aromatic carbocycles. The third-order valence-electron chi connectivity index (χ3n) is 6.68. The summed E-state index contributed by atoms with van der Waals surface area (Å²) in [7, 11) is 0. The van der Waals surface area contributed by atoms with Crippen LogP contribution in [0.2, 0.25) is 0 Å². The largest absolute Gasteiger partial charge is 0.446 e. The Balaban J connectivity index is 1.57. The van der Waals surface area contributed by atoms with Crippen molar-refractivity contribution in [2.75, 3.05) is 0 Å². The van der Waals surface area contributed by atoms with E-state index in [0.29, 0.717) is 16.4 Å². The van der Waals surface area contributed by atoms with Crippen molar-refractivity contribution in [3.63, 3.8) is 0 Å². The molecule has 0 aliphatic heterocycles. The van der Waals surface area contributed by atoms with Crippen LogP contribution in [-0.2, 0) is 6.42 Å². The van der Waals surface area contributed by atoms with Crippen molar-refractivity contribution in [2.45, 2.75) is 90.9 Å². The molecule has 168 valence electrons. The van der Waals surface area contributed by atoms with Crippen molar-refractivity contribution >= 4 is 11.6 Å². The van der Waals surface area contributed by atoms with E-state index in [1.54, 1.807) is 6.08 Å². The maximum absolute atomic E-state index is 5.93. The van der Waals surface area contributed by atoms with Gasteiger partial charge in [0.15, 0.2) is 11.0 Å². The summed E-state index contributed by atoms with van der Waals surface area (Å²) >= 11 is 5.93. The molecule has 3 nitrogen and oxygen atoms in total. The Bertz CT molecular complexity index is 808. The zero-order valence-electron chi connectivity index (χ0n) is 19.2. The lowest BCUT2D eigenvalue weighted by molar-refractivity contribution is 0.152. The molecule has 1 aliphatic rings. The molecular weight excluding hydrogens is 404 g/mol. The lowest BCUT2D eigenvalue weighted by atomic mass is 9.68. The molecule has 0 N–H and O–H groups in total. The van der Waals surface area contributed by atoms with Gasteiger partial charge in [0, 0.05) is 18.0 Å². The number of unbranched alkanes of at least 4 members (excludes halogenated alkanes) is 3. The first-order chi connectivity index (χ1) is 15.1. The SMILES string of the molecule is C/C=C(/Cl)Oc1ccc(-c2ncc(CCC3(CCCCCC)CCCCC3)cn2)cc1. The van der Waals surface area contributed by atoms with Crippen LogP contribution in [0.5, 0.6) is 5.75 Å². The van der Waals surface area contributed by atoms with Crippen molar-refractivity contribution in [2.24, 2.45) is 5.41 Å². The molecule has 0 unspecified atom stereocenters. The summed E-state index contributed by atoms with van der Waals surface area (Å²) in [5, 5.41) is 0.370. The van der Waals surface area contributed by atoms with Gasteiger partial charge in [0.25, 0.3) is 0 Å². The average molecular weight is 441 g/mol. The lowest BCUT2D eigenvalue weighted by Gasteiger charge is -2.38. The van der Waals surface area contributed by atoms with E-state index in [2.05, 4.69) is 16.9 Å². The van der Waals surface area contributed by atoms with Gasteiger partial charge >= 0.3 is 0 Å². The van der Waals surface area contributed by atoms with E-state index < -0.39 is 0 Å². The first-order valence-corrected chi connectivity index (χ1v) is 12.4. The molecule has 1 aromatic heterocycles. The van der Waals surface area contributed by atoms with Crippen LogP contribution in [0, 0.1) is 5.41 Å². The molecule has 3 rings (SSSR count). The normalized spacial score (nSPS) is 16.3. The molecule has 0 amide bonds. The van der Waals surface area contributed by atoms with Crippen molar-refractivity contribution in [1.29, 1.82) is 0 Å². The highest BCUT2D eigenvalue weighted by molar-refractivity contribution is 6.28. The predicted octanol–water partition coefficient (Wildman–Crippen LogP) is 8.48. The number of hydrogen-bond donors (Lipinski definition) is 0.